The van der Waals surface area contributed by atoms with Crippen molar-refractivity contribution in [3.63, 3.8) is 0 Å². The molecule has 1 fully saturated rings. The molecular formula is C22H26N4O2S. The zero-order valence-electron chi connectivity index (χ0n) is 16.8. The molecular weight excluding hydrogens is 384 g/mol. The summed E-state index contributed by atoms with van der Waals surface area (Å²) in [5, 5.41) is 5.90. The molecule has 0 aromatic heterocycles. The highest BCUT2D eigenvalue weighted by Crippen LogP contribution is 2.41. The number of urea groups is 1. The Morgan fingerprint density at radius 1 is 1.21 bits per heavy atom. The third-order valence-corrected chi connectivity index (χ3v) is 6.76. The molecule has 0 aliphatic carbocycles. The molecule has 2 aromatic carbocycles. The molecule has 152 valence electrons. The summed E-state index contributed by atoms with van der Waals surface area (Å²) in [6.45, 7) is 4.92. The minimum absolute atomic E-state index is 0.0469. The van der Waals surface area contributed by atoms with Gasteiger partial charge in [-0.3, -0.25) is 9.69 Å². The number of benzene rings is 2. The summed E-state index contributed by atoms with van der Waals surface area (Å²) in [5.41, 5.74) is 2.16. The molecule has 2 aliphatic rings. The lowest BCUT2D eigenvalue weighted by Gasteiger charge is -2.23. The van der Waals surface area contributed by atoms with E-state index < -0.39 is 0 Å². The first-order chi connectivity index (χ1) is 14.1. The largest absolute Gasteiger partial charge is 0.336 e. The van der Waals surface area contributed by atoms with Gasteiger partial charge >= 0.3 is 6.03 Å². The van der Waals surface area contributed by atoms with Gasteiger partial charge in [-0.1, -0.05) is 30.8 Å². The van der Waals surface area contributed by atoms with Gasteiger partial charge in [0.2, 0.25) is 0 Å². The summed E-state index contributed by atoms with van der Waals surface area (Å²) in [6, 6.07) is 13.5. The van der Waals surface area contributed by atoms with Crippen LogP contribution in [-0.2, 0) is 0 Å². The average Bonchev–Trinajstić information content (AvgIpc) is 3.16. The number of hydrogen-bond donors (Lipinski definition) is 2. The standard InChI is InChI=1S/C22H26N4O2S/c1-3-26-12-6-7-16(26)14-23-22(28)24-15-10-11-20-18(13-15)25(2)21(27)17-8-4-5-9-19(17)29-20/h4-5,8-11,13,16H,3,6-7,12,14H2,1-2H3,(H2,23,24,28). The van der Waals surface area contributed by atoms with Crippen LogP contribution in [0.4, 0.5) is 16.2 Å². The van der Waals surface area contributed by atoms with Gasteiger partial charge in [-0.05, 0) is 56.3 Å². The second-order valence-electron chi connectivity index (χ2n) is 7.40. The number of anilines is 2. The predicted octanol–water partition coefficient (Wildman–Crippen LogP) is 4.03. The molecule has 7 heteroatoms. The summed E-state index contributed by atoms with van der Waals surface area (Å²) in [7, 11) is 1.77. The quantitative estimate of drug-likeness (QED) is 0.799. The Morgan fingerprint density at radius 2 is 2.03 bits per heavy atom. The number of rotatable bonds is 4. The lowest BCUT2D eigenvalue weighted by molar-refractivity contribution is 0.0990. The molecule has 1 saturated heterocycles. The van der Waals surface area contributed by atoms with Crippen LogP contribution in [-0.4, -0.2) is 49.6 Å². The maximum Gasteiger partial charge on any atom is 0.319 e. The van der Waals surface area contributed by atoms with E-state index in [-0.39, 0.29) is 11.9 Å². The maximum atomic E-state index is 12.8. The van der Waals surface area contributed by atoms with E-state index in [0.29, 0.717) is 23.8 Å². The van der Waals surface area contributed by atoms with E-state index in [4.69, 9.17) is 0 Å². The minimum Gasteiger partial charge on any atom is -0.336 e. The normalized spacial score (nSPS) is 18.8. The van der Waals surface area contributed by atoms with Gasteiger partial charge in [0.25, 0.3) is 5.91 Å². The van der Waals surface area contributed by atoms with Gasteiger partial charge in [-0.2, -0.15) is 0 Å². The highest BCUT2D eigenvalue weighted by Gasteiger charge is 2.25. The predicted molar refractivity (Wildman–Crippen MR) is 117 cm³/mol. The second kappa shape index (κ2) is 8.47. The van der Waals surface area contributed by atoms with Crippen molar-refractivity contribution in [3.05, 3.63) is 48.0 Å². The number of likely N-dealkylation sites (N-methyl/N-ethyl adjacent to an activating group) is 1. The van der Waals surface area contributed by atoms with E-state index in [1.165, 1.54) is 6.42 Å². The smallest absolute Gasteiger partial charge is 0.319 e. The van der Waals surface area contributed by atoms with Gasteiger partial charge in [0, 0.05) is 35.1 Å². The van der Waals surface area contributed by atoms with Gasteiger partial charge in [0.15, 0.2) is 0 Å². The average molecular weight is 411 g/mol. The van der Waals surface area contributed by atoms with Crippen molar-refractivity contribution < 1.29 is 9.59 Å². The van der Waals surface area contributed by atoms with Crippen molar-refractivity contribution in [1.82, 2.24) is 10.2 Å². The summed E-state index contributed by atoms with van der Waals surface area (Å²) in [4.78, 5) is 31.2. The van der Waals surface area contributed by atoms with Gasteiger partial charge in [0.1, 0.15) is 0 Å². The van der Waals surface area contributed by atoms with Crippen molar-refractivity contribution in [3.8, 4) is 0 Å². The number of hydrogen-bond acceptors (Lipinski definition) is 4. The first-order valence-corrected chi connectivity index (χ1v) is 10.9. The monoisotopic (exact) mass is 410 g/mol. The van der Waals surface area contributed by atoms with Crippen LogP contribution >= 0.6 is 11.8 Å². The summed E-state index contributed by atoms with van der Waals surface area (Å²) < 4.78 is 0. The summed E-state index contributed by atoms with van der Waals surface area (Å²) in [5.74, 6) is -0.0469. The molecule has 0 saturated carbocycles. The Balaban J connectivity index is 1.46. The Bertz CT molecular complexity index is 933. The zero-order valence-corrected chi connectivity index (χ0v) is 17.6. The topological polar surface area (TPSA) is 64.7 Å². The number of carbonyl (C=O) groups is 2. The zero-order chi connectivity index (χ0) is 20.4. The third-order valence-electron chi connectivity index (χ3n) is 5.62. The highest BCUT2D eigenvalue weighted by molar-refractivity contribution is 7.99. The molecule has 4 rings (SSSR count). The highest BCUT2D eigenvalue weighted by atomic mass is 32.2. The molecule has 2 N–H and O–H groups in total. The van der Waals surface area contributed by atoms with Crippen molar-refractivity contribution in [2.75, 3.05) is 36.9 Å². The fourth-order valence-corrected chi connectivity index (χ4v) is 5.10. The lowest BCUT2D eigenvalue weighted by atomic mass is 10.2. The van der Waals surface area contributed by atoms with Crippen LogP contribution in [0.15, 0.2) is 52.3 Å². The molecule has 2 aromatic rings. The van der Waals surface area contributed by atoms with Crippen LogP contribution in [0.1, 0.15) is 30.1 Å². The molecule has 0 spiro atoms. The molecule has 29 heavy (non-hydrogen) atoms. The number of nitrogens with one attached hydrogen (secondary N) is 2. The number of fused-ring (bicyclic) bond motifs is 2. The van der Waals surface area contributed by atoms with Gasteiger partial charge in [0.05, 0.1) is 11.3 Å². The fraction of sp³-hybridized carbons (Fsp3) is 0.364. The van der Waals surface area contributed by atoms with E-state index in [1.807, 2.05) is 42.5 Å². The van der Waals surface area contributed by atoms with Crippen molar-refractivity contribution in [1.29, 1.82) is 0 Å². The Kier molecular flexibility index (Phi) is 5.78. The van der Waals surface area contributed by atoms with Crippen LogP contribution in [0.25, 0.3) is 0 Å². The molecule has 0 bridgehead atoms. The van der Waals surface area contributed by atoms with E-state index in [2.05, 4.69) is 22.5 Å². The number of carbonyl (C=O) groups excluding carboxylic acids is 2. The number of likely N-dealkylation sites (tertiary alicyclic amines) is 1. The molecule has 2 aliphatic heterocycles. The van der Waals surface area contributed by atoms with Crippen LogP contribution in [0.2, 0.25) is 0 Å². The molecule has 1 atom stereocenters. The van der Waals surface area contributed by atoms with E-state index >= 15 is 0 Å². The third kappa shape index (κ3) is 4.11. The second-order valence-corrected chi connectivity index (χ2v) is 8.49. The van der Waals surface area contributed by atoms with E-state index in [0.717, 1.165) is 35.0 Å². The van der Waals surface area contributed by atoms with Crippen LogP contribution in [0.5, 0.6) is 0 Å². The number of nitrogens with zero attached hydrogens (tertiary/aromatic N) is 2. The van der Waals surface area contributed by atoms with Crippen LogP contribution in [0, 0.1) is 0 Å². The SMILES string of the molecule is CCN1CCCC1CNC(=O)Nc1ccc2c(c1)N(C)C(=O)c1ccccc1S2. The summed E-state index contributed by atoms with van der Waals surface area (Å²) >= 11 is 1.57. The molecule has 2 heterocycles. The number of amides is 3. The van der Waals surface area contributed by atoms with E-state index in [9.17, 15) is 9.59 Å². The Morgan fingerprint density at radius 3 is 2.86 bits per heavy atom. The van der Waals surface area contributed by atoms with Crippen molar-refractivity contribution in [2.45, 2.75) is 35.6 Å². The van der Waals surface area contributed by atoms with Crippen molar-refractivity contribution >= 4 is 35.1 Å². The van der Waals surface area contributed by atoms with Gasteiger partial charge in [-0.15, -0.1) is 0 Å². The lowest BCUT2D eigenvalue weighted by Crippen LogP contribution is -2.41. The fourth-order valence-electron chi connectivity index (χ4n) is 4.01. The Labute approximate surface area is 175 Å². The van der Waals surface area contributed by atoms with Gasteiger partial charge in [-0.25, -0.2) is 4.79 Å². The van der Waals surface area contributed by atoms with Crippen LogP contribution < -0.4 is 15.5 Å². The van der Waals surface area contributed by atoms with E-state index in [1.54, 1.807) is 23.7 Å². The maximum absolute atomic E-state index is 12.8. The first kappa shape index (κ1) is 19.8. The molecule has 1 unspecified atom stereocenters. The molecule has 0 radical (unpaired) electrons. The minimum atomic E-state index is -0.216. The molecule has 6 nitrogen and oxygen atoms in total. The molecule has 3 amide bonds. The summed E-state index contributed by atoms with van der Waals surface area (Å²) in [6.07, 6.45) is 2.31. The van der Waals surface area contributed by atoms with Crippen LogP contribution in [0.3, 0.4) is 0 Å². The van der Waals surface area contributed by atoms with Gasteiger partial charge < -0.3 is 15.5 Å². The first-order valence-electron chi connectivity index (χ1n) is 10.0. The van der Waals surface area contributed by atoms with Crippen molar-refractivity contribution in [2.24, 2.45) is 0 Å². The Hall–Kier alpha value is -2.51.